The van der Waals surface area contributed by atoms with E-state index in [4.69, 9.17) is 0 Å². The van der Waals surface area contributed by atoms with Crippen LogP contribution < -0.4 is 0 Å². The van der Waals surface area contributed by atoms with Crippen LogP contribution in [0.2, 0.25) is 0 Å². The Bertz CT molecular complexity index is 692. The fourth-order valence-corrected chi connectivity index (χ4v) is 3.52. The standard InChI is InChI=1S/C21H24NO/c1-15-8-7-11-18(16(15)2)19-12-13-22(3)14-20(19)21(23)17-9-5-4-6-10-17/h4-12,19-20H,13-14H2,1-3H3/t19-,20+/m1/s1. The van der Waals surface area contributed by atoms with Crippen LogP contribution >= 0.6 is 0 Å². The van der Waals surface area contributed by atoms with Crippen LogP contribution in [-0.4, -0.2) is 30.8 Å². The molecule has 1 fully saturated rings. The fraction of sp³-hybridized carbons (Fsp3) is 0.333. The Morgan fingerprint density at radius 1 is 1.04 bits per heavy atom. The van der Waals surface area contributed by atoms with Gasteiger partial charge in [0.15, 0.2) is 5.78 Å². The lowest BCUT2D eigenvalue weighted by molar-refractivity contribution is 0.0847. The van der Waals surface area contributed by atoms with E-state index < -0.39 is 0 Å². The first kappa shape index (κ1) is 15.9. The smallest absolute Gasteiger partial charge is 0.167 e. The first-order valence-electron chi connectivity index (χ1n) is 8.25. The van der Waals surface area contributed by atoms with E-state index in [0.717, 1.165) is 18.7 Å². The zero-order valence-electron chi connectivity index (χ0n) is 14.1. The maximum absolute atomic E-state index is 13.1. The van der Waals surface area contributed by atoms with Crippen LogP contribution in [-0.2, 0) is 0 Å². The molecule has 0 amide bonds. The van der Waals surface area contributed by atoms with Crippen molar-refractivity contribution in [2.75, 3.05) is 20.1 Å². The van der Waals surface area contributed by atoms with Gasteiger partial charge >= 0.3 is 0 Å². The summed E-state index contributed by atoms with van der Waals surface area (Å²) in [5, 5.41) is 0. The van der Waals surface area contributed by atoms with E-state index in [2.05, 4.69) is 50.4 Å². The van der Waals surface area contributed by atoms with Gasteiger partial charge in [-0.2, -0.15) is 0 Å². The first-order valence-corrected chi connectivity index (χ1v) is 8.25. The van der Waals surface area contributed by atoms with Gasteiger partial charge in [-0.1, -0.05) is 48.5 Å². The van der Waals surface area contributed by atoms with Gasteiger partial charge in [-0.25, -0.2) is 0 Å². The third-order valence-corrected chi connectivity index (χ3v) is 5.01. The Balaban J connectivity index is 1.97. The van der Waals surface area contributed by atoms with Crippen molar-refractivity contribution in [2.45, 2.75) is 19.8 Å². The van der Waals surface area contributed by atoms with Crippen molar-refractivity contribution in [1.29, 1.82) is 0 Å². The molecule has 1 aliphatic rings. The van der Waals surface area contributed by atoms with Crippen LogP contribution in [0.25, 0.3) is 0 Å². The van der Waals surface area contributed by atoms with Crippen LogP contribution in [0, 0.1) is 26.2 Å². The number of carbonyl (C=O) groups excluding carboxylic acids is 1. The topological polar surface area (TPSA) is 20.3 Å². The van der Waals surface area contributed by atoms with Gasteiger partial charge in [0, 0.05) is 24.6 Å². The average molecular weight is 306 g/mol. The Kier molecular flexibility index (Phi) is 4.63. The summed E-state index contributed by atoms with van der Waals surface area (Å²) in [5.41, 5.74) is 4.72. The second-order valence-corrected chi connectivity index (χ2v) is 6.61. The molecular weight excluding hydrogens is 282 g/mol. The number of piperidine rings is 1. The number of ketones is 1. The lowest BCUT2D eigenvalue weighted by Gasteiger charge is -2.37. The minimum absolute atomic E-state index is 0.0170. The molecule has 0 saturated carbocycles. The highest BCUT2D eigenvalue weighted by atomic mass is 16.1. The molecule has 0 unspecified atom stereocenters. The Labute approximate surface area is 139 Å². The molecule has 1 saturated heterocycles. The predicted octanol–water partition coefficient (Wildman–Crippen LogP) is 4.04. The molecule has 0 aliphatic carbocycles. The van der Waals surface area contributed by atoms with Crippen molar-refractivity contribution < 1.29 is 4.79 Å². The molecule has 2 heteroatoms. The largest absolute Gasteiger partial charge is 0.305 e. The summed E-state index contributed by atoms with van der Waals surface area (Å²) >= 11 is 0. The number of Topliss-reactive ketones (excluding diaryl/α,β-unsaturated/α-hetero) is 1. The van der Waals surface area contributed by atoms with E-state index >= 15 is 0 Å². The molecule has 0 bridgehead atoms. The number of likely N-dealkylation sites (tertiary alicyclic amines) is 1. The van der Waals surface area contributed by atoms with Gasteiger partial charge in [-0.3, -0.25) is 4.79 Å². The molecule has 0 N–H and O–H groups in total. The summed E-state index contributed by atoms with van der Waals surface area (Å²) < 4.78 is 0. The number of nitrogens with zero attached hydrogens (tertiary/aromatic N) is 1. The van der Waals surface area contributed by atoms with Crippen molar-refractivity contribution in [3.05, 3.63) is 77.2 Å². The van der Waals surface area contributed by atoms with Crippen molar-refractivity contribution in [3.8, 4) is 0 Å². The van der Waals surface area contributed by atoms with Crippen LogP contribution in [0.5, 0.6) is 0 Å². The molecule has 3 rings (SSSR count). The molecule has 1 heterocycles. The van der Waals surface area contributed by atoms with Crippen LogP contribution in [0.3, 0.4) is 0 Å². The molecule has 119 valence electrons. The molecule has 1 radical (unpaired) electrons. The third kappa shape index (κ3) is 3.23. The molecule has 2 nitrogen and oxygen atoms in total. The SMILES string of the molecule is Cc1cccc([C@H]2[CH]CN(C)C[C@@H]2C(=O)c2ccccc2)c1C. The predicted molar refractivity (Wildman–Crippen MR) is 94.7 cm³/mol. The lowest BCUT2D eigenvalue weighted by Crippen LogP contribution is -2.41. The van der Waals surface area contributed by atoms with Gasteiger partial charge < -0.3 is 4.90 Å². The second-order valence-electron chi connectivity index (χ2n) is 6.61. The number of hydrogen-bond donors (Lipinski definition) is 0. The number of carbonyl (C=O) groups is 1. The summed E-state index contributed by atoms with van der Waals surface area (Å²) in [7, 11) is 2.08. The molecule has 2 atom stereocenters. The van der Waals surface area contributed by atoms with Gasteiger partial charge in [-0.05, 0) is 49.9 Å². The van der Waals surface area contributed by atoms with Crippen molar-refractivity contribution in [1.82, 2.24) is 4.90 Å². The zero-order valence-corrected chi connectivity index (χ0v) is 14.1. The maximum atomic E-state index is 13.1. The molecule has 23 heavy (non-hydrogen) atoms. The van der Waals surface area contributed by atoms with Crippen molar-refractivity contribution in [3.63, 3.8) is 0 Å². The Morgan fingerprint density at radius 2 is 1.78 bits per heavy atom. The zero-order chi connectivity index (χ0) is 16.4. The number of rotatable bonds is 3. The van der Waals surface area contributed by atoms with Crippen molar-refractivity contribution in [2.24, 2.45) is 5.92 Å². The first-order chi connectivity index (χ1) is 11.1. The molecular formula is C21H24NO. The Hall–Kier alpha value is -1.93. The molecule has 2 aromatic carbocycles. The molecule has 0 aromatic heterocycles. The van der Waals surface area contributed by atoms with Gasteiger partial charge in [0.2, 0.25) is 0 Å². The summed E-state index contributed by atoms with van der Waals surface area (Å²) in [6.07, 6.45) is 2.30. The monoisotopic (exact) mass is 306 g/mol. The van der Waals surface area contributed by atoms with Crippen LogP contribution in [0.15, 0.2) is 48.5 Å². The number of hydrogen-bond acceptors (Lipinski definition) is 2. The highest BCUT2D eigenvalue weighted by Gasteiger charge is 2.35. The van der Waals surface area contributed by atoms with E-state index in [9.17, 15) is 4.79 Å². The molecule has 2 aromatic rings. The van der Waals surface area contributed by atoms with E-state index in [0.29, 0.717) is 0 Å². The number of benzene rings is 2. The summed E-state index contributed by atoms with van der Waals surface area (Å²) in [5.74, 6) is 0.426. The highest BCUT2D eigenvalue weighted by Crippen LogP contribution is 2.36. The normalized spacial score (nSPS) is 22.0. The van der Waals surface area contributed by atoms with Crippen LogP contribution in [0.4, 0.5) is 0 Å². The second kappa shape index (κ2) is 6.67. The summed E-state index contributed by atoms with van der Waals surface area (Å²) in [6.45, 7) is 6.04. The van der Waals surface area contributed by atoms with Crippen LogP contribution in [0.1, 0.15) is 33.0 Å². The minimum atomic E-state index is -0.0170. The average Bonchev–Trinajstić information content (AvgIpc) is 2.58. The van der Waals surface area contributed by atoms with E-state index in [1.807, 2.05) is 30.3 Å². The van der Waals surface area contributed by atoms with Gasteiger partial charge in [0.25, 0.3) is 0 Å². The summed E-state index contributed by atoms with van der Waals surface area (Å²) in [4.78, 5) is 15.3. The van der Waals surface area contributed by atoms with E-state index in [1.54, 1.807) is 0 Å². The molecule has 0 spiro atoms. The number of aryl methyl sites for hydroxylation is 1. The maximum Gasteiger partial charge on any atom is 0.167 e. The van der Waals surface area contributed by atoms with Gasteiger partial charge in [0.05, 0.1) is 0 Å². The fourth-order valence-electron chi connectivity index (χ4n) is 3.52. The van der Waals surface area contributed by atoms with Gasteiger partial charge in [-0.15, -0.1) is 0 Å². The summed E-state index contributed by atoms with van der Waals surface area (Å²) in [6, 6.07) is 16.1. The Morgan fingerprint density at radius 3 is 2.52 bits per heavy atom. The van der Waals surface area contributed by atoms with Gasteiger partial charge in [0.1, 0.15) is 0 Å². The van der Waals surface area contributed by atoms with E-state index in [1.165, 1.54) is 16.7 Å². The minimum Gasteiger partial charge on any atom is -0.305 e. The quantitative estimate of drug-likeness (QED) is 0.798. The van der Waals surface area contributed by atoms with E-state index in [-0.39, 0.29) is 17.6 Å². The lowest BCUT2D eigenvalue weighted by atomic mass is 9.75. The van der Waals surface area contributed by atoms with Crippen molar-refractivity contribution >= 4 is 5.78 Å². The highest BCUT2D eigenvalue weighted by molar-refractivity contribution is 5.98. The molecule has 1 aliphatic heterocycles. The third-order valence-electron chi connectivity index (χ3n) is 5.01.